The summed E-state index contributed by atoms with van der Waals surface area (Å²) in [5.74, 6) is -0.496. The molecule has 29 heavy (non-hydrogen) atoms. The van der Waals surface area contributed by atoms with Crippen molar-refractivity contribution >= 4 is 18.6 Å². The molecule has 0 radical (unpaired) electrons. The number of aromatic nitrogens is 3. The number of aromatic amines is 2. The molecule has 0 saturated heterocycles. The van der Waals surface area contributed by atoms with Crippen LogP contribution in [-0.2, 0) is 0 Å². The van der Waals surface area contributed by atoms with Crippen LogP contribution in [0.3, 0.4) is 0 Å². The van der Waals surface area contributed by atoms with E-state index in [9.17, 15) is 9.18 Å². The fraction of sp³-hybridized carbons (Fsp3) is 0.217. The number of nitrogens with zero attached hydrogens (tertiary/aromatic N) is 1. The number of aryl methyl sites for hydroxylation is 1. The van der Waals surface area contributed by atoms with E-state index in [-0.39, 0.29) is 11.7 Å². The van der Waals surface area contributed by atoms with Crippen LogP contribution in [0, 0.1) is 33.5 Å². The van der Waals surface area contributed by atoms with Crippen LogP contribution in [0.25, 0.3) is 23.9 Å². The van der Waals surface area contributed by atoms with Gasteiger partial charge in [-0.1, -0.05) is 12.7 Å². The van der Waals surface area contributed by atoms with E-state index in [2.05, 4.69) is 27.1 Å². The smallest absolute Gasteiger partial charge is 0.276 e. The maximum absolute atomic E-state index is 13.8. The number of hydrogen-bond donors (Lipinski definition) is 3. The molecule has 0 bridgehead atoms. The van der Waals surface area contributed by atoms with Crippen molar-refractivity contribution in [1.82, 2.24) is 20.5 Å². The monoisotopic (exact) mass is 392 g/mol. The third-order valence-electron chi connectivity index (χ3n) is 5.29. The molecule has 0 aliphatic carbocycles. The lowest BCUT2D eigenvalue weighted by atomic mass is 10.0. The molecule has 2 heterocycles. The second kappa shape index (κ2) is 7.91. The molecule has 3 N–H and O–H groups in total. The summed E-state index contributed by atoms with van der Waals surface area (Å²) in [4.78, 5) is 15.8. The molecule has 3 rings (SSSR count). The van der Waals surface area contributed by atoms with E-state index >= 15 is 0 Å². The minimum atomic E-state index is -0.275. The maximum atomic E-state index is 13.8. The summed E-state index contributed by atoms with van der Waals surface area (Å²) in [6.07, 6.45) is 3.66. The number of carbonyl (C=O) groups excluding carboxylic acids is 1. The molecule has 0 aliphatic heterocycles. The van der Waals surface area contributed by atoms with Crippen molar-refractivity contribution in [2.24, 2.45) is 0 Å². The van der Waals surface area contributed by atoms with E-state index in [0.717, 1.165) is 33.3 Å². The number of allylic oxidation sites excluding steroid dienone is 2. The van der Waals surface area contributed by atoms with Crippen molar-refractivity contribution in [2.45, 2.75) is 34.6 Å². The van der Waals surface area contributed by atoms with Crippen molar-refractivity contribution < 1.29 is 9.18 Å². The summed E-state index contributed by atoms with van der Waals surface area (Å²) in [5.41, 5.74) is 5.96. The van der Waals surface area contributed by atoms with Crippen LogP contribution < -0.4 is 15.9 Å². The minimum absolute atomic E-state index is 0.220. The molecule has 150 valence electrons. The van der Waals surface area contributed by atoms with Crippen LogP contribution in [0.5, 0.6) is 0 Å². The minimum Gasteiger partial charge on any atom is -0.355 e. The number of halogens is 1. The van der Waals surface area contributed by atoms with E-state index in [0.29, 0.717) is 22.3 Å². The number of nitrogens with one attached hydrogen (secondary N) is 3. The van der Waals surface area contributed by atoms with Crippen molar-refractivity contribution in [3.63, 3.8) is 0 Å². The van der Waals surface area contributed by atoms with E-state index < -0.39 is 0 Å². The molecule has 0 aliphatic rings. The second-order valence-electron chi connectivity index (χ2n) is 7.13. The number of carbonyl (C=O) groups is 1. The molecule has 0 saturated carbocycles. The van der Waals surface area contributed by atoms with Crippen molar-refractivity contribution in [2.75, 3.05) is 0 Å². The first-order valence-electron chi connectivity index (χ1n) is 9.38. The quantitative estimate of drug-likeness (QED) is 0.637. The highest BCUT2D eigenvalue weighted by molar-refractivity contribution is 5.95. The number of H-pyrrole nitrogens is 2. The third kappa shape index (κ3) is 3.92. The Morgan fingerprint density at radius 1 is 1.17 bits per heavy atom. The van der Waals surface area contributed by atoms with Crippen LogP contribution in [-0.4, -0.2) is 21.1 Å². The lowest BCUT2D eigenvalue weighted by Crippen LogP contribution is -2.26. The van der Waals surface area contributed by atoms with Crippen LogP contribution >= 0.6 is 0 Å². The van der Waals surface area contributed by atoms with E-state index in [4.69, 9.17) is 0 Å². The average molecular weight is 392 g/mol. The Hall–Kier alpha value is -3.41. The fourth-order valence-corrected chi connectivity index (χ4v) is 3.12. The van der Waals surface area contributed by atoms with Gasteiger partial charge in [0.05, 0.1) is 0 Å². The zero-order valence-corrected chi connectivity index (χ0v) is 17.3. The summed E-state index contributed by atoms with van der Waals surface area (Å²) < 4.78 is 13.8. The van der Waals surface area contributed by atoms with Gasteiger partial charge in [-0.25, -0.2) is 4.39 Å². The predicted octanol–water partition coefficient (Wildman–Crippen LogP) is 3.30. The molecule has 6 heteroatoms. The van der Waals surface area contributed by atoms with Crippen LogP contribution in [0.2, 0.25) is 0 Å². The lowest BCUT2D eigenvalue weighted by molar-refractivity contribution is 0.0962. The van der Waals surface area contributed by atoms with Gasteiger partial charge in [-0.05, 0) is 70.0 Å². The van der Waals surface area contributed by atoms with Gasteiger partial charge in [0.15, 0.2) is 5.69 Å². The molecular formula is C23H25FN4O. The maximum Gasteiger partial charge on any atom is 0.276 e. The molecule has 5 nitrogen and oxygen atoms in total. The van der Waals surface area contributed by atoms with Gasteiger partial charge in [0.25, 0.3) is 5.91 Å². The summed E-state index contributed by atoms with van der Waals surface area (Å²) in [7, 11) is 0. The predicted molar refractivity (Wildman–Crippen MR) is 114 cm³/mol. The van der Waals surface area contributed by atoms with Crippen molar-refractivity contribution in [3.8, 4) is 11.3 Å². The third-order valence-corrected chi connectivity index (χ3v) is 5.29. The average Bonchev–Trinajstić information content (AvgIpc) is 3.21. The molecule has 1 aromatic carbocycles. The Labute approximate surface area is 169 Å². The Morgan fingerprint density at radius 2 is 1.90 bits per heavy atom. The number of benzene rings is 1. The standard InChI is InChI=1S/C23H25FN4O/c1-7-18(26-23(29)22-14(4)15(5)27-28-22)10-17-11-21(25-16(17)6)19-8-9-20(24)13(3)12(19)2/h7-11,25H,6H2,1-5H3,(H,26,29)(H,27,28)/b17-10-,18-7+. The zero-order chi connectivity index (χ0) is 21.3. The molecule has 0 fully saturated rings. The van der Waals surface area contributed by atoms with Gasteiger partial charge in [0, 0.05) is 38.8 Å². The molecule has 0 atom stereocenters. The highest BCUT2D eigenvalue weighted by Gasteiger charge is 2.15. The molecule has 0 unspecified atom stereocenters. The van der Waals surface area contributed by atoms with E-state index in [1.807, 2.05) is 45.9 Å². The van der Waals surface area contributed by atoms with Crippen LogP contribution in [0.4, 0.5) is 4.39 Å². The van der Waals surface area contributed by atoms with E-state index in [1.54, 1.807) is 13.0 Å². The van der Waals surface area contributed by atoms with Gasteiger partial charge in [-0.3, -0.25) is 9.89 Å². The normalized spacial score (nSPS) is 12.5. The molecular weight excluding hydrogens is 367 g/mol. The second-order valence-corrected chi connectivity index (χ2v) is 7.13. The number of hydrogen-bond acceptors (Lipinski definition) is 2. The number of rotatable bonds is 4. The van der Waals surface area contributed by atoms with Crippen LogP contribution in [0.1, 0.15) is 39.8 Å². The van der Waals surface area contributed by atoms with Gasteiger partial charge in [0.1, 0.15) is 5.82 Å². The molecule has 1 amide bonds. The lowest BCUT2D eigenvalue weighted by Gasteiger charge is -2.07. The van der Waals surface area contributed by atoms with Gasteiger partial charge in [-0.15, -0.1) is 0 Å². The first-order chi connectivity index (χ1) is 13.7. The summed E-state index contributed by atoms with van der Waals surface area (Å²) >= 11 is 0. The SMILES string of the molecule is C=c1[nH]c(-c2ccc(F)c(C)c2C)c/c1=C/C(=C\C)NC(=O)c1n[nH]c(C)c1C. The van der Waals surface area contributed by atoms with Crippen molar-refractivity contribution in [3.05, 3.63) is 74.4 Å². The summed E-state index contributed by atoms with van der Waals surface area (Å²) in [6.45, 7) is 13.3. The van der Waals surface area contributed by atoms with E-state index in [1.165, 1.54) is 6.07 Å². The fourth-order valence-electron chi connectivity index (χ4n) is 3.12. The summed E-state index contributed by atoms with van der Waals surface area (Å²) in [6, 6.07) is 5.17. The Kier molecular flexibility index (Phi) is 5.55. The molecule has 3 aromatic rings. The highest BCUT2D eigenvalue weighted by Crippen LogP contribution is 2.24. The van der Waals surface area contributed by atoms with Gasteiger partial charge >= 0.3 is 0 Å². The number of amides is 1. The molecule has 0 spiro atoms. The Morgan fingerprint density at radius 3 is 2.52 bits per heavy atom. The Balaban J connectivity index is 1.94. The summed E-state index contributed by atoms with van der Waals surface area (Å²) in [5, 5.41) is 11.3. The topological polar surface area (TPSA) is 73.6 Å². The van der Waals surface area contributed by atoms with Crippen molar-refractivity contribution in [1.29, 1.82) is 0 Å². The Bertz CT molecular complexity index is 1230. The first kappa shape index (κ1) is 20.3. The zero-order valence-electron chi connectivity index (χ0n) is 17.3. The van der Waals surface area contributed by atoms with Crippen LogP contribution in [0.15, 0.2) is 30.0 Å². The highest BCUT2D eigenvalue weighted by atomic mass is 19.1. The van der Waals surface area contributed by atoms with Gasteiger partial charge < -0.3 is 10.3 Å². The molecule has 2 aromatic heterocycles. The largest absolute Gasteiger partial charge is 0.355 e. The van der Waals surface area contributed by atoms with Gasteiger partial charge in [0.2, 0.25) is 0 Å². The van der Waals surface area contributed by atoms with Gasteiger partial charge in [-0.2, -0.15) is 5.10 Å². The first-order valence-corrected chi connectivity index (χ1v) is 9.38.